The average molecular weight is 371 g/mol. The standard InChI is InChI=1S/C19H12Cl2N2O2/c20-15-7-3-5-13(11-15)18(24)22-17-9-1-2-10-23(17)19(25)14-6-4-8-16(21)12-14/h1-12H. The zero-order valence-corrected chi connectivity index (χ0v) is 14.4. The van der Waals surface area contributed by atoms with Gasteiger partial charge in [-0.05, 0) is 48.5 Å². The average Bonchev–Trinajstić information content (AvgIpc) is 2.61. The molecule has 0 spiro atoms. The lowest BCUT2D eigenvalue weighted by Gasteiger charge is -2.06. The fourth-order valence-corrected chi connectivity index (χ4v) is 2.63. The Morgan fingerprint density at radius 1 is 0.800 bits per heavy atom. The molecule has 0 aliphatic carbocycles. The monoisotopic (exact) mass is 370 g/mol. The summed E-state index contributed by atoms with van der Waals surface area (Å²) in [7, 11) is 0. The van der Waals surface area contributed by atoms with Crippen LogP contribution in [0.1, 0.15) is 20.7 Å². The van der Waals surface area contributed by atoms with E-state index in [9.17, 15) is 9.59 Å². The lowest BCUT2D eigenvalue weighted by Crippen LogP contribution is -2.28. The molecule has 0 bridgehead atoms. The molecule has 0 atom stereocenters. The zero-order chi connectivity index (χ0) is 17.8. The van der Waals surface area contributed by atoms with E-state index in [0.717, 1.165) is 0 Å². The van der Waals surface area contributed by atoms with Crippen LogP contribution in [0, 0.1) is 0 Å². The van der Waals surface area contributed by atoms with E-state index in [1.165, 1.54) is 10.6 Å². The zero-order valence-electron chi connectivity index (χ0n) is 12.9. The number of hydrogen-bond acceptors (Lipinski definition) is 2. The van der Waals surface area contributed by atoms with Crippen LogP contribution in [-0.4, -0.2) is 16.4 Å². The third-order valence-electron chi connectivity index (χ3n) is 3.42. The second-order valence-corrected chi connectivity index (χ2v) is 6.04. The fourth-order valence-electron chi connectivity index (χ4n) is 2.25. The Hall–Kier alpha value is -2.69. The highest BCUT2D eigenvalue weighted by Gasteiger charge is 2.11. The molecule has 124 valence electrons. The summed E-state index contributed by atoms with van der Waals surface area (Å²) in [6.07, 6.45) is 1.55. The van der Waals surface area contributed by atoms with Gasteiger partial charge in [-0.15, -0.1) is 0 Å². The topological polar surface area (TPSA) is 51.4 Å². The molecule has 1 amide bonds. The van der Waals surface area contributed by atoms with Gasteiger partial charge in [0, 0.05) is 27.4 Å². The number of hydrogen-bond donors (Lipinski definition) is 0. The van der Waals surface area contributed by atoms with Crippen LogP contribution in [0.4, 0.5) is 0 Å². The number of pyridine rings is 1. The lowest BCUT2D eigenvalue weighted by atomic mass is 10.2. The van der Waals surface area contributed by atoms with Gasteiger partial charge in [-0.25, -0.2) is 0 Å². The van der Waals surface area contributed by atoms with Crippen molar-refractivity contribution in [1.82, 2.24) is 4.57 Å². The van der Waals surface area contributed by atoms with Gasteiger partial charge in [-0.1, -0.05) is 41.4 Å². The highest BCUT2D eigenvalue weighted by molar-refractivity contribution is 6.31. The van der Waals surface area contributed by atoms with Crippen molar-refractivity contribution in [3.05, 3.63) is 99.6 Å². The van der Waals surface area contributed by atoms with E-state index in [1.807, 2.05) is 0 Å². The molecule has 2 aromatic carbocycles. The van der Waals surface area contributed by atoms with Gasteiger partial charge < -0.3 is 0 Å². The van der Waals surface area contributed by atoms with E-state index in [2.05, 4.69) is 4.99 Å². The highest BCUT2D eigenvalue weighted by Crippen LogP contribution is 2.12. The summed E-state index contributed by atoms with van der Waals surface area (Å²) in [6, 6.07) is 18.0. The van der Waals surface area contributed by atoms with E-state index >= 15 is 0 Å². The van der Waals surface area contributed by atoms with E-state index in [-0.39, 0.29) is 11.4 Å². The predicted molar refractivity (Wildman–Crippen MR) is 97.0 cm³/mol. The number of rotatable bonds is 2. The number of halogens is 2. The van der Waals surface area contributed by atoms with Gasteiger partial charge in [0.1, 0.15) is 5.49 Å². The van der Waals surface area contributed by atoms with E-state index in [0.29, 0.717) is 21.2 Å². The van der Waals surface area contributed by atoms with Crippen LogP contribution in [-0.2, 0) is 0 Å². The van der Waals surface area contributed by atoms with Crippen LogP contribution in [0.2, 0.25) is 10.0 Å². The lowest BCUT2D eigenvalue weighted by molar-refractivity contribution is 0.0953. The molecule has 3 aromatic rings. The molecular weight excluding hydrogens is 359 g/mol. The summed E-state index contributed by atoms with van der Waals surface area (Å²) in [5, 5.41) is 0.896. The molecule has 25 heavy (non-hydrogen) atoms. The first kappa shape index (κ1) is 17.1. The Morgan fingerprint density at radius 3 is 2.12 bits per heavy atom. The molecule has 3 rings (SSSR count). The first-order chi connectivity index (χ1) is 12.0. The molecule has 1 aromatic heterocycles. The molecule has 6 heteroatoms. The van der Waals surface area contributed by atoms with Gasteiger partial charge in [-0.2, -0.15) is 4.99 Å². The second kappa shape index (κ2) is 7.47. The summed E-state index contributed by atoms with van der Waals surface area (Å²) < 4.78 is 1.30. The van der Waals surface area contributed by atoms with E-state index in [1.54, 1.807) is 66.9 Å². The maximum atomic E-state index is 12.7. The molecule has 0 aliphatic rings. The summed E-state index contributed by atoms with van der Waals surface area (Å²) in [5.41, 5.74) is 0.964. The van der Waals surface area contributed by atoms with Crippen molar-refractivity contribution in [2.75, 3.05) is 0 Å². The fraction of sp³-hybridized carbons (Fsp3) is 0. The van der Waals surface area contributed by atoms with Crippen LogP contribution in [0.5, 0.6) is 0 Å². The summed E-state index contributed by atoms with van der Waals surface area (Å²) in [4.78, 5) is 29.1. The van der Waals surface area contributed by atoms with Gasteiger partial charge in [0.25, 0.3) is 11.8 Å². The number of nitrogens with zero attached hydrogens (tertiary/aromatic N) is 2. The molecular formula is C19H12Cl2N2O2. The van der Waals surface area contributed by atoms with Crippen LogP contribution in [0.25, 0.3) is 0 Å². The molecule has 0 radical (unpaired) electrons. The summed E-state index contributed by atoms with van der Waals surface area (Å²) in [5.74, 6) is -0.818. The smallest absolute Gasteiger partial charge is 0.268 e. The SMILES string of the molecule is O=C(N=c1ccccn1C(=O)c1cccc(Cl)c1)c1cccc(Cl)c1. The molecule has 0 unspecified atom stereocenters. The molecule has 0 fully saturated rings. The molecule has 4 nitrogen and oxygen atoms in total. The number of amides is 1. The molecule has 0 aliphatic heterocycles. The third kappa shape index (κ3) is 4.05. The molecule has 0 N–H and O–H groups in total. The van der Waals surface area contributed by atoms with Crippen molar-refractivity contribution in [1.29, 1.82) is 0 Å². The minimum absolute atomic E-state index is 0.220. The van der Waals surface area contributed by atoms with Gasteiger partial charge >= 0.3 is 0 Å². The Labute approximate surface area is 154 Å². The summed E-state index contributed by atoms with van der Waals surface area (Å²) >= 11 is 11.8. The summed E-state index contributed by atoms with van der Waals surface area (Å²) in [6.45, 7) is 0. The number of benzene rings is 2. The molecule has 0 saturated carbocycles. The normalized spacial score (nSPS) is 11.4. The van der Waals surface area contributed by atoms with Crippen LogP contribution < -0.4 is 5.49 Å². The van der Waals surface area contributed by atoms with Crippen molar-refractivity contribution in [3.63, 3.8) is 0 Å². The molecule has 0 saturated heterocycles. The van der Waals surface area contributed by atoms with E-state index < -0.39 is 5.91 Å². The highest BCUT2D eigenvalue weighted by atomic mass is 35.5. The first-order valence-corrected chi connectivity index (χ1v) is 8.13. The minimum Gasteiger partial charge on any atom is -0.268 e. The maximum absolute atomic E-state index is 12.7. The van der Waals surface area contributed by atoms with Gasteiger partial charge in [-0.3, -0.25) is 14.2 Å². The van der Waals surface area contributed by atoms with Crippen LogP contribution in [0.15, 0.2) is 77.9 Å². The number of carbonyl (C=O) groups is 2. The van der Waals surface area contributed by atoms with Gasteiger partial charge in [0.15, 0.2) is 0 Å². The third-order valence-corrected chi connectivity index (χ3v) is 3.89. The van der Waals surface area contributed by atoms with Crippen LogP contribution in [0.3, 0.4) is 0 Å². The van der Waals surface area contributed by atoms with Crippen molar-refractivity contribution in [2.24, 2.45) is 4.99 Å². The number of aromatic nitrogens is 1. The van der Waals surface area contributed by atoms with Crippen molar-refractivity contribution >= 4 is 35.0 Å². The van der Waals surface area contributed by atoms with Crippen molar-refractivity contribution in [3.8, 4) is 0 Å². The largest absolute Gasteiger partial charge is 0.279 e. The quantitative estimate of drug-likeness (QED) is 0.677. The maximum Gasteiger partial charge on any atom is 0.279 e. The number of carbonyl (C=O) groups excluding carboxylic acids is 2. The van der Waals surface area contributed by atoms with Gasteiger partial charge in [0.2, 0.25) is 0 Å². The predicted octanol–water partition coefficient (Wildman–Crippen LogP) is 4.22. The van der Waals surface area contributed by atoms with E-state index in [4.69, 9.17) is 23.2 Å². The Kier molecular flexibility index (Phi) is 5.12. The Morgan fingerprint density at radius 2 is 1.44 bits per heavy atom. The molecule has 1 heterocycles. The Balaban J connectivity index is 2.04. The second-order valence-electron chi connectivity index (χ2n) is 5.17. The van der Waals surface area contributed by atoms with Crippen molar-refractivity contribution < 1.29 is 9.59 Å². The van der Waals surface area contributed by atoms with Crippen molar-refractivity contribution in [2.45, 2.75) is 0 Å². The first-order valence-electron chi connectivity index (χ1n) is 7.37. The Bertz CT molecular complexity index is 1030. The van der Waals surface area contributed by atoms with Gasteiger partial charge in [0.05, 0.1) is 0 Å². The van der Waals surface area contributed by atoms with Crippen LogP contribution >= 0.6 is 23.2 Å². The minimum atomic E-state index is -0.485.